The number of hydrogen-bond donors (Lipinski definition) is 1. The maximum absolute atomic E-state index is 12.9. The van der Waals surface area contributed by atoms with Gasteiger partial charge in [0.25, 0.3) is 5.91 Å². The number of carbonyl (C=O) groups excluding carboxylic acids is 1. The first-order chi connectivity index (χ1) is 13.6. The molecule has 0 aliphatic heterocycles. The fourth-order valence-electron chi connectivity index (χ4n) is 2.24. The third-order valence-electron chi connectivity index (χ3n) is 4.04. The van der Waals surface area contributed by atoms with Crippen LogP contribution >= 0.6 is 0 Å². The molecular formula is C17H15F6N3O3S. The van der Waals surface area contributed by atoms with Crippen molar-refractivity contribution in [1.29, 1.82) is 0 Å². The molecule has 1 heterocycles. The number of aromatic nitrogens is 2. The molecule has 1 amide bonds. The predicted molar refractivity (Wildman–Crippen MR) is 92.1 cm³/mol. The summed E-state index contributed by atoms with van der Waals surface area (Å²) in [4.78, 5) is 17.5. The van der Waals surface area contributed by atoms with Crippen LogP contribution in [0.5, 0.6) is 0 Å². The molecule has 0 radical (unpaired) electrons. The van der Waals surface area contributed by atoms with Crippen LogP contribution in [0, 0.1) is 0 Å². The van der Waals surface area contributed by atoms with E-state index in [2.05, 4.69) is 15.3 Å². The molecule has 0 saturated carbocycles. The van der Waals surface area contributed by atoms with Crippen molar-refractivity contribution in [2.75, 3.05) is 6.54 Å². The molecule has 0 aliphatic carbocycles. The zero-order valence-corrected chi connectivity index (χ0v) is 16.3. The summed E-state index contributed by atoms with van der Waals surface area (Å²) in [5.41, 5.74) is -1.50. The number of benzene rings is 1. The average Bonchev–Trinajstić information content (AvgIpc) is 2.65. The number of hydrogen-bond acceptors (Lipinski definition) is 5. The van der Waals surface area contributed by atoms with Gasteiger partial charge in [-0.15, -0.1) is 0 Å². The first kappa shape index (κ1) is 23.6. The quantitative estimate of drug-likeness (QED) is 0.698. The Morgan fingerprint density at radius 1 is 1.00 bits per heavy atom. The minimum atomic E-state index is -4.80. The molecular weight excluding hydrogens is 440 g/mol. The molecule has 1 N–H and O–H groups in total. The van der Waals surface area contributed by atoms with Crippen molar-refractivity contribution in [2.45, 2.75) is 35.8 Å². The monoisotopic (exact) mass is 455 g/mol. The minimum Gasteiger partial charge on any atom is -0.350 e. The molecule has 13 heteroatoms. The van der Waals surface area contributed by atoms with Crippen LogP contribution in [-0.2, 0) is 22.2 Å². The molecule has 0 aliphatic rings. The van der Waals surface area contributed by atoms with Crippen LogP contribution in [-0.4, -0.2) is 35.6 Å². The number of sulfone groups is 1. The third-order valence-corrected chi connectivity index (χ3v) is 6.52. The lowest BCUT2D eigenvalue weighted by Crippen LogP contribution is -2.44. The third kappa shape index (κ3) is 5.07. The average molecular weight is 455 g/mol. The summed E-state index contributed by atoms with van der Waals surface area (Å²) >= 11 is 0. The SMILES string of the molecule is CC(C)(CNC(=O)c1cnc(C(F)(F)F)nc1)S(=O)(=O)c1cccc(C(F)(F)F)c1. The molecule has 0 saturated heterocycles. The number of carbonyl (C=O) groups is 1. The second-order valence-electron chi connectivity index (χ2n) is 6.76. The first-order valence-corrected chi connectivity index (χ1v) is 9.63. The van der Waals surface area contributed by atoms with Gasteiger partial charge in [-0.25, -0.2) is 18.4 Å². The Morgan fingerprint density at radius 2 is 1.57 bits per heavy atom. The van der Waals surface area contributed by atoms with Crippen molar-refractivity contribution >= 4 is 15.7 Å². The van der Waals surface area contributed by atoms with Gasteiger partial charge in [0, 0.05) is 18.9 Å². The lowest BCUT2D eigenvalue weighted by molar-refractivity contribution is -0.145. The van der Waals surface area contributed by atoms with Gasteiger partial charge in [-0.2, -0.15) is 26.3 Å². The molecule has 2 rings (SSSR count). The molecule has 6 nitrogen and oxygen atoms in total. The normalized spacial score (nSPS) is 13.2. The second kappa shape index (κ2) is 7.85. The highest BCUT2D eigenvalue weighted by atomic mass is 32.2. The summed E-state index contributed by atoms with van der Waals surface area (Å²) in [5.74, 6) is -2.40. The van der Waals surface area contributed by atoms with Crippen LogP contribution in [0.15, 0.2) is 41.6 Å². The lowest BCUT2D eigenvalue weighted by Gasteiger charge is -2.25. The Morgan fingerprint density at radius 3 is 2.07 bits per heavy atom. The van der Waals surface area contributed by atoms with E-state index in [9.17, 15) is 39.6 Å². The van der Waals surface area contributed by atoms with Crippen LogP contribution in [0.1, 0.15) is 35.6 Å². The highest BCUT2D eigenvalue weighted by Gasteiger charge is 2.39. The Labute approximate surface area is 167 Å². The topological polar surface area (TPSA) is 89.0 Å². The van der Waals surface area contributed by atoms with Crippen LogP contribution in [0.4, 0.5) is 26.3 Å². The smallest absolute Gasteiger partial charge is 0.350 e. The summed E-state index contributed by atoms with van der Waals surface area (Å²) in [5, 5.41) is 2.22. The predicted octanol–water partition coefficient (Wildman–Crippen LogP) is 3.50. The standard InChI is InChI=1S/C17H15F6N3O3S/c1-15(2,30(28,29)12-5-3-4-11(6-12)16(18,19)20)9-26-13(27)10-7-24-14(25-8-10)17(21,22)23/h3-8H,9H2,1-2H3,(H,26,27). The van der Waals surface area contributed by atoms with Gasteiger partial charge in [-0.3, -0.25) is 4.79 Å². The molecule has 0 unspecified atom stereocenters. The van der Waals surface area contributed by atoms with Crippen LogP contribution in [0.3, 0.4) is 0 Å². The summed E-state index contributed by atoms with van der Waals surface area (Å²) in [6.07, 6.45) is -8.29. The second-order valence-corrected chi connectivity index (χ2v) is 9.35. The van der Waals surface area contributed by atoms with E-state index in [1.54, 1.807) is 0 Å². The van der Waals surface area contributed by atoms with Crippen LogP contribution < -0.4 is 5.32 Å². The van der Waals surface area contributed by atoms with Crippen molar-refractivity contribution < 1.29 is 39.6 Å². The maximum atomic E-state index is 12.9. The summed E-state index contributed by atoms with van der Waals surface area (Å²) in [6, 6.07) is 3.16. The Bertz CT molecular complexity index is 1030. The van der Waals surface area contributed by atoms with E-state index < -0.39 is 55.7 Å². The van der Waals surface area contributed by atoms with Gasteiger partial charge < -0.3 is 5.32 Å². The van der Waals surface area contributed by atoms with Gasteiger partial charge in [0.2, 0.25) is 5.82 Å². The van der Waals surface area contributed by atoms with Gasteiger partial charge in [-0.1, -0.05) is 6.07 Å². The highest BCUT2D eigenvalue weighted by Crippen LogP contribution is 2.33. The van der Waals surface area contributed by atoms with Gasteiger partial charge >= 0.3 is 12.4 Å². The largest absolute Gasteiger partial charge is 0.451 e. The molecule has 164 valence electrons. The zero-order valence-electron chi connectivity index (χ0n) is 15.5. The Hall–Kier alpha value is -2.70. The summed E-state index contributed by atoms with van der Waals surface area (Å²) < 4.78 is 99.8. The lowest BCUT2D eigenvalue weighted by atomic mass is 10.2. The van der Waals surface area contributed by atoms with Gasteiger partial charge in [-0.05, 0) is 32.0 Å². The number of nitrogens with zero attached hydrogens (tertiary/aromatic N) is 2. The van der Waals surface area contributed by atoms with Crippen molar-refractivity contribution in [3.8, 4) is 0 Å². The number of alkyl halides is 6. The highest BCUT2D eigenvalue weighted by molar-refractivity contribution is 7.92. The summed E-state index contributed by atoms with van der Waals surface area (Å²) in [7, 11) is -4.32. The van der Waals surface area contributed by atoms with Crippen molar-refractivity contribution in [3.63, 3.8) is 0 Å². The van der Waals surface area contributed by atoms with Gasteiger partial charge in [0.05, 0.1) is 20.8 Å². The Balaban J connectivity index is 2.18. The van der Waals surface area contributed by atoms with E-state index >= 15 is 0 Å². The van der Waals surface area contributed by atoms with E-state index in [4.69, 9.17) is 0 Å². The fraction of sp³-hybridized carbons (Fsp3) is 0.353. The minimum absolute atomic E-state index is 0.352. The fourth-order valence-corrected chi connectivity index (χ4v) is 3.68. The van der Waals surface area contributed by atoms with E-state index in [0.717, 1.165) is 18.2 Å². The van der Waals surface area contributed by atoms with Crippen molar-refractivity contribution in [3.05, 3.63) is 53.6 Å². The zero-order chi connectivity index (χ0) is 23.0. The molecule has 0 atom stereocenters. The number of rotatable bonds is 5. The Kier molecular flexibility index (Phi) is 6.17. The number of amides is 1. The molecule has 0 bridgehead atoms. The van der Waals surface area contributed by atoms with E-state index in [1.807, 2.05) is 0 Å². The first-order valence-electron chi connectivity index (χ1n) is 8.15. The summed E-state index contributed by atoms with van der Waals surface area (Å²) in [6.45, 7) is 1.84. The van der Waals surface area contributed by atoms with Crippen molar-refractivity contribution in [1.82, 2.24) is 15.3 Å². The maximum Gasteiger partial charge on any atom is 0.451 e. The van der Waals surface area contributed by atoms with E-state index in [-0.39, 0.29) is 5.56 Å². The van der Waals surface area contributed by atoms with Crippen LogP contribution in [0.25, 0.3) is 0 Å². The van der Waals surface area contributed by atoms with Crippen molar-refractivity contribution in [2.24, 2.45) is 0 Å². The molecule has 1 aromatic heterocycles. The molecule has 2 aromatic rings. The molecule has 30 heavy (non-hydrogen) atoms. The molecule has 1 aromatic carbocycles. The van der Waals surface area contributed by atoms with E-state index in [1.165, 1.54) is 13.8 Å². The number of nitrogens with one attached hydrogen (secondary N) is 1. The number of halogens is 6. The molecule has 0 spiro atoms. The molecule has 0 fully saturated rings. The van der Waals surface area contributed by atoms with Crippen LogP contribution in [0.2, 0.25) is 0 Å². The van der Waals surface area contributed by atoms with Gasteiger partial charge in [0.15, 0.2) is 9.84 Å². The van der Waals surface area contributed by atoms with Gasteiger partial charge in [0.1, 0.15) is 0 Å². The van der Waals surface area contributed by atoms with E-state index in [0.29, 0.717) is 18.5 Å².